The average molecular weight is 266 g/mol. The highest BCUT2D eigenvalue weighted by molar-refractivity contribution is 6.31. The molecule has 1 aromatic carbocycles. The third-order valence-corrected chi connectivity index (χ3v) is 2.72. The van der Waals surface area contributed by atoms with E-state index < -0.39 is 5.82 Å². The lowest BCUT2D eigenvalue weighted by molar-refractivity contribution is 0.112. The zero-order valence-corrected chi connectivity index (χ0v) is 10.2. The number of aldehydes is 1. The fourth-order valence-corrected chi connectivity index (χ4v) is 1.83. The molecular weight excluding hydrogens is 257 g/mol. The SMILES string of the molecule is COc1nccc(-c2ccc(Cl)cc2C=O)c1F. The zero-order chi connectivity index (χ0) is 13.1. The Labute approximate surface area is 108 Å². The van der Waals surface area contributed by atoms with Crippen molar-refractivity contribution in [3.05, 3.63) is 46.9 Å². The molecule has 0 bridgehead atoms. The van der Waals surface area contributed by atoms with Crippen molar-refractivity contribution in [1.29, 1.82) is 0 Å². The second-order valence-corrected chi connectivity index (χ2v) is 3.97. The van der Waals surface area contributed by atoms with E-state index in [0.29, 0.717) is 22.4 Å². The molecule has 0 radical (unpaired) electrons. The summed E-state index contributed by atoms with van der Waals surface area (Å²) in [6.45, 7) is 0. The normalized spacial score (nSPS) is 10.2. The number of carbonyl (C=O) groups is 1. The predicted molar refractivity (Wildman–Crippen MR) is 66.6 cm³/mol. The van der Waals surface area contributed by atoms with Crippen molar-refractivity contribution < 1.29 is 13.9 Å². The van der Waals surface area contributed by atoms with Crippen molar-refractivity contribution in [3.63, 3.8) is 0 Å². The van der Waals surface area contributed by atoms with Crippen LogP contribution in [0.4, 0.5) is 4.39 Å². The molecule has 0 fully saturated rings. The van der Waals surface area contributed by atoms with Crippen LogP contribution in [0.5, 0.6) is 5.88 Å². The molecule has 0 saturated carbocycles. The van der Waals surface area contributed by atoms with Crippen LogP contribution in [0, 0.1) is 5.82 Å². The largest absolute Gasteiger partial charge is 0.479 e. The van der Waals surface area contributed by atoms with Gasteiger partial charge in [-0.2, -0.15) is 0 Å². The first kappa shape index (κ1) is 12.5. The molecule has 2 aromatic rings. The maximum absolute atomic E-state index is 14.0. The molecule has 2 rings (SSSR count). The van der Waals surface area contributed by atoms with Crippen LogP contribution in [0.3, 0.4) is 0 Å². The molecule has 1 heterocycles. The van der Waals surface area contributed by atoms with Crippen molar-refractivity contribution in [3.8, 4) is 17.0 Å². The topological polar surface area (TPSA) is 39.2 Å². The third kappa shape index (κ3) is 2.19. The highest BCUT2D eigenvalue weighted by atomic mass is 35.5. The fourth-order valence-electron chi connectivity index (χ4n) is 1.65. The lowest BCUT2D eigenvalue weighted by Gasteiger charge is -2.08. The number of rotatable bonds is 3. The first-order chi connectivity index (χ1) is 8.67. The van der Waals surface area contributed by atoms with E-state index in [1.165, 1.54) is 25.4 Å². The van der Waals surface area contributed by atoms with Gasteiger partial charge in [0, 0.05) is 22.3 Å². The molecule has 0 aliphatic rings. The van der Waals surface area contributed by atoms with Crippen LogP contribution < -0.4 is 4.74 Å². The van der Waals surface area contributed by atoms with Crippen LogP contribution in [-0.2, 0) is 0 Å². The van der Waals surface area contributed by atoms with Gasteiger partial charge in [-0.3, -0.25) is 4.79 Å². The van der Waals surface area contributed by atoms with Crippen LogP contribution in [0.1, 0.15) is 10.4 Å². The first-order valence-corrected chi connectivity index (χ1v) is 5.48. The van der Waals surface area contributed by atoms with Crippen LogP contribution >= 0.6 is 11.6 Å². The van der Waals surface area contributed by atoms with Gasteiger partial charge in [0.1, 0.15) is 0 Å². The molecule has 0 N–H and O–H groups in total. The van der Waals surface area contributed by atoms with Crippen molar-refractivity contribution in [2.24, 2.45) is 0 Å². The highest BCUT2D eigenvalue weighted by Crippen LogP contribution is 2.30. The number of aromatic nitrogens is 1. The Balaban J connectivity index is 2.65. The van der Waals surface area contributed by atoms with E-state index in [0.717, 1.165) is 0 Å². The smallest absolute Gasteiger partial charge is 0.250 e. The Morgan fingerprint density at radius 2 is 2.11 bits per heavy atom. The van der Waals surface area contributed by atoms with Crippen LogP contribution in [0.2, 0.25) is 5.02 Å². The Morgan fingerprint density at radius 1 is 1.33 bits per heavy atom. The van der Waals surface area contributed by atoms with E-state index in [-0.39, 0.29) is 11.4 Å². The minimum Gasteiger partial charge on any atom is -0.479 e. The monoisotopic (exact) mass is 265 g/mol. The third-order valence-electron chi connectivity index (χ3n) is 2.48. The number of benzene rings is 1. The molecule has 0 saturated heterocycles. The second-order valence-electron chi connectivity index (χ2n) is 3.53. The lowest BCUT2D eigenvalue weighted by atomic mass is 10.0. The van der Waals surface area contributed by atoms with E-state index in [1.54, 1.807) is 12.1 Å². The number of pyridine rings is 1. The van der Waals surface area contributed by atoms with Gasteiger partial charge in [-0.25, -0.2) is 9.37 Å². The van der Waals surface area contributed by atoms with Gasteiger partial charge in [0.15, 0.2) is 12.1 Å². The zero-order valence-electron chi connectivity index (χ0n) is 9.48. The Kier molecular flexibility index (Phi) is 3.58. The summed E-state index contributed by atoms with van der Waals surface area (Å²) >= 11 is 5.79. The summed E-state index contributed by atoms with van der Waals surface area (Å²) < 4.78 is 18.8. The second kappa shape index (κ2) is 5.14. The summed E-state index contributed by atoms with van der Waals surface area (Å²) in [6, 6.07) is 6.14. The number of hydrogen-bond acceptors (Lipinski definition) is 3. The molecule has 0 aliphatic carbocycles. The first-order valence-electron chi connectivity index (χ1n) is 5.11. The quantitative estimate of drug-likeness (QED) is 0.799. The van der Waals surface area contributed by atoms with Gasteiger partial charge in [-0.1, -0.05) is 17.7 Å². The number of carbonyl (C=O) groups excluding carboxylic acids is 1. The number of ether oxygens (including phenoxy) is 1. The fraction of sp³-hybridized carbons (Fsp3) is 0.0769. The van der Waals surface area contributed by atoms with Gasteiger partial charge in [0.2, 0.25) is 0 Å². The summed E-state index contributed by atoms with van der Waals surface area (Å²) in [7, 11) is 1.33. The van der Waals surface area contributed by atoms with Gasteiger partial charge in [0.25, 0.3) is 5.88 Å². The minimum atomic E-state index is -0.606. The van der Waals surface area contributed by atoms with E-state index in [1.807, 2.05) is 0 Å². The molecule has 0 spiro atoms. The molecule has 3 nitrogen and oxygen atoms in total. The van der Waals surface area contributed by atoms with Crippen molar-refractivity contribution in [2.75, 3.05) is 7.11 Å². The van der Waals surface area contributed by atoms with Crippen LogP contribution in [-0.4, -0.2) is 18.4 Å². The number of halogens is 2. The van der Waals surface area contributed by atoms with Crippen molar-refractivity contribution >= 4 is 17.9 Å². The average Bonchev–Trinajstić information content (AvgIpc) is 2.39. The molecule has 0 unspecified atom stereocenters. The minimum absolute atomic E-state index is 0.112. The van der Waals surface area contributed by atoms with Gasteiger partial charge < -0.3 is 4.74 Å². The standard InChI is InChI=1S/C13H9ClFNO2/c1-18-13-12(15)11(4-5-16-13)10-3-2-9(14)6-8(10)7-17/h2-7H,1H3. The van der Waals surface area contributed by atoms with Crippen molar-refractivity contribution in [2.45, 2.75) is 0 Å². The Hall–Kier alpha value is -1.94. The molecule has 0 atom stereocenters. The summed E-state index contributed by atoms with van der Waals surface area (Å²) in [4.78, 5) is 14.7. The Morgan fingerprint density at radius 3 is 2.78 bits per heavy atom. The van der Waals surface area contributed by atoms with E-state index in [9.17, 15) is 9.18 Å². The molecule has 92 valence electrons. The number of nitrogens with zero attached hydrogens (tertiary/aromatic N) is 1. The van der Waals surface area contributed by atoms with Crippen LogP contribution in [0.15, 0.2) is 30.5 Å². The van der Waals surface area contributed by atoms with E-state index >= 15 is 0 Å². The molecule has 5 heteroatoms. The number of methoxy groups -OCH3 is 1. The van der Waals surface area contributed by atoms with Gasteiger partial charge >= 0.3 is 0 Å². The lowest BCUT2D eigenvalue weighted by Crippen LogP contribution is -1.96. The van der Waals surface area contributed by atoms with E-state index in [2.05, 4.69) is 4.98 Å². The molecule has 1 aromatic heterocycles. The predicted octanol–water partition coefficient (Wildman–Crippen LogP) is 3.36. The molecule has 0 amide bonds. The molecular formula is C13H9ClFNO2. The highest BCUT2D eigenvalue weighted by Gasteiger charge is 2.14. The summed E-state index contributed by atoms with van der Waals surface area (Å²) in [6.07, 6.45) is 2.05. The van der Waals surface area contributed by atoms with Gasteiger partial charge in [0.05, 0.1) is 7.11 Å². The number of hydrogen-bond donors (Lipinski definition) is 0. The van der Waals surface area contributed by atoms with E-state index in [4.69, 9.17) is 16.3 Å². The van der Waals surface area contributed by atoms with Crippen molar-refractivity contribution in [1.82, 2.24) is 4.98 Å². The maximum atomic E-state index is 14.0. The Bertz CT molecular complexity index is 602. The maximum Gasteiger partial charge on any atom is 0.250 e. The summed E-state index contributed by atoms with van der Waals surface area (Å²) in [5, 5.41) is 0.419. The van der Waals surface area contributed by atoms with Crippen LogP contribution in [0.25, 0.3) is 11.1 Å². The van der Waals surface area contributed by atoms with Gasteiger partial charge in [-0.15, -0.1) is 0 Å². The molecule has 0 aliphatic heterocycles. The summed E-state index contributed by atoms with van der Waals surface area (Å²) in [5.41, 5.74) is 1.02. The van der Waals surface area contributed by atoms with Gasteiger partial charge in [-0.05, 0) is 23.8 Å². The summed E-state index contributed by atoms with van der Waals surface area (Å²) in [5.74, 6) is -0.718. The molecule has 18 heavy (non-hydrogen) atoms.